The molecule has 0 saturated carbocycles. The van der Waals surface area contributed by atoms with Crippen LogP contribution in [0.25, 0.3) is 0 Å². The minimum absolute atomic E-state index is 0.0327. The molecule has 0 fully saturated rings. The molecule has 110 valence electrons. The monoisotopic (exact) mass is 299 g/mol. The van der Waals surface area contributed by atoms with Crippen LogP contribution in [0.3, 0.4) is 0 Å². The van der Waals surface area contributed by atoms with Crippen LogP contribution >= 0.6 is 0 Å². The fraction of sp³-hybridized carbons (Fsp3) is 0.385. The summed E-state index contributed by atoms with van der Waals surface area (Å²) in [5.41, 5.74) is -0.0737. The first-order valence-corrected chi connectivity index (χ1v) is 7.65. The molecule has 0 bridgehead atoms. The zero-order chi connectivity index (χ0) is 15.3. The third-order valence-electron chi connectivity index (χ3n) is 2.74. The van der Waals surface area contributed by atoms with Crippen LogP contribution in [0.2, 0.25) is 0 Å². The van der Waals surface area contributed by atoms with Crippen molar-refractivity contribution in [2.24, 2.45) is 0 Å². The molecule has 0 unspecified atom stereocenters. The van der Waals surface area contributed by atoms with Crippen molar-refractivity contribution >= 4 is 21.7 Å². The van der Waals surface area contributed by atoms with E-state index in [4.69, 9.17) is 5.11 Å². The zero-order valence-corrected chi connectivity index (χ0v) is 12.2. The predicted molar refractivity (Wildman–Crippen MR) is 73.4 cm³/mol. The van der Waals surface area contributed by atoms with Crippen molar-refractivity contribution in [3.05, 3.63) is 29.8 Å². The molecule has 0 aliphatic rings. The maximum atomic E-state index is 12.0. The quantitative estimate of drug-likeness (QED) is 0.847. The molecular formula is C13H17NO5S. The lowest BCUT2D eigenvalue weighted by Crippen LogP contribution is -2.22. The summed E-state index contributed by atoms with van der Waals surface area (Å²) < 4.78 is 24.1. The van der Waals surface area contributed by atoms with E-state index in [1.165, 1.54) is 23.1 Å². The maximum absolute atomic E-state index is 12.0. The van der Waals surface area contributed by atoms with Crippen molar-refractivity contribution in [2.75, 3.05) is 19.8 Å². The van der Waals surface area contributed by atoms with E-state index in [2.05, 4.69) is 0 Å². The molecule has 0 aromatic heterocycles. The first-order chi connectivity index (χ1) is 9.24. The van der Waals surface area contributed by atoms with Crippen LogP contribution in [0, 0.1) is 0 Å². The Morgan fingerprint density at radius 1 is 1.25 bits per heavy atom. The summed E-state index contributed by atoms with van der Waals surface area (Å²) in [6, 6.07) is 5.21. The average molecular weight is 299 g/mol. The summed E-state index contributed by atoms with van der Waals surface area (Å²) in [7, 11) is -0.363. The molecule has 0 radical (unpaired) electrons. The summed E-state index contributed by atoms with van der Waals surface area (Å²) in [6.45, 7) is 0. The Morgan fingerprint density at radius 3 is 2.45 bits per heavy atom. The second-order valence-electron chi connectivity index (χ2n) is 4.54. The number of carbonyl (C=O) groups excluding carboxylic acids is 1. The summed E-state index contributed by atoms with van der Waals surface area (Å²) in [4.78, 5) is 23.5. The van der Waals surface area contributed by atoms with Gasteiger partial charge in [-0.25, -0.2) is 13.2 Å². The number of aromatic carboxylic acids is 1. The number of carbonyl (C=O) groups is 2. The lowest BCUT2D eigenvalue weighted by Gasteiger charge is -2.10. The van der Waals surface area contributed by atoms with E-state index in [1.807, 2.05) is 0 Å². The van der Waals surface area contributed by atoms with Crippen LogP contribution < -0.4 is 0 Å². The number of rotatable bonds is 6. The standard InChI is InChI=1S/C13H17NO5S/c1-14(2)12(15)7-4-8-20(18,19)11-6-3-5-10(9-11)13(16)17/h3,5-6,9H,4,7-8H2,1-2H3,(H,16,17). The van der Waals surface area contributed by atoms with E-state index in [9.17, 15) is 18.0 Å². The van der Waals surface area contributed by atoms with E-state index in [0.717, 1.165) is 6.07 Å². The smallest absolute Gasteiger partial charge is 0.335 e. The van der Waals surface area contributed by atoms with Crippen LogP contribution in [0.15, 0.2) is 29.2 Å². The molecule has 0 aliphatic heterocycles. The number of sulfone groups is 1. The van der Waals surface area contributed by atoms with E-state index in [1.54, 1.807) is 14.1 Å². The largest absolute Gasteiger partial charge is 0.478 e. The number of benzene rings is 1. The Labute approximate surface area is 117 Å². The van der Waals surface area contributed by atoms with Gasteiger partial charge in [0, 0.05) is 20.5 Å². The summed E-state index contributed by atoms with van der Waals surface area (Å²) >= 11 is 0. The van der Waals surface area contributed by atoms with Gasteiger partial charge in [-0.3, -0.25) is 4.79 Å². The Balaban J connectivity index is 2.77. The van der Waals surface area contributed by atoms with Crippen LogP contribution in [-0.2, 0) is 14.6 Å². The van der Waals surface area contributed by atoms with Crippen molar-refractivity contribution in [3.63, 3.8) is 0 Å². The topological polar surface area (TPSA) is 91.8 Å². The number of amides is 1. The second kappa shape index (κ2) is 6.51. The molecule has 1 N–H and O–H groups in total. The summed E-state index contributed by atoms with van der Waals surface area (Å²) in [6.07, 6.45) is 0.349. The van der Waals surface area contributed by atoms with E-state index >= 15 is 0 Å². The Kier molecular flexibility index (Phi) is 5.26. The van der Waals surface area contributed by atoms with Gasteiger partial charge in [-0.2, -0.15) is 0 Å². The van der Waals surface area contributed by atoms with Crippen molar-refractivity contribution < 1.29 is 23.1 Å². The van der Waals surface area contributed by atoms with E-state index in [-0.39, 0.29) is 35.0 Å². The molecule has 7 heteroatoms. The normalized spacial score (nSPS) is 11.1. The van der Waals surface area contributed by atoms with Gasteiger partial charge in [0.15, 0.2) is 9.84 Å². The SMILES string of the molecule is CN(C)C(=O)CCCS(=O)(=O)c1cccc(C(=O)O)c1. The van der Waals surface area contributed by atoms with Crippen LogP contribution in [0.4, 0.5) is 0 Å². The van der Waals surface area contributed by atoms with Crippen LogP contribution in [-0.4, -0.2) is 50.1 Å². The second-order valence-corrected chi connectivity index (χ2v) is 6.65. The van der Waals surface area contributed by atoms with Gasteiger partial charge in [-0.15, -0.1) is 0 Å². The van der Waals surface area contributed by atoms with Gasteiger partial charge >= 0.3 is 5.97 Å². The highest BCUT2D eigenvalue weighted by molar-refractivity contribution is 7.91. The van der Waals surface area contributed by atoms with E-state index < -0.39 is 15.8 Å². The highest BCUT2D eigenvalue weighted by Crippen LogP contribution is 2.15. The molecule has 1 aromatic carbocycles. The number of carboxylic acids is 1. The predicted octanol–water partition coefficient (Wildman–Crippen LogP) is 1.03. The maximum Gasteiger partial charge on any atom is 0.335 e. The molecule has 1 aromatic rings. The molecule has 1 amide bonds. The molecule has 20 heavy (non-hydrogen) atoms. The average Bonchev–Trinajstić information content (AvgIpc) is 2.38. The van der Waals surface area contributed by atoms with Crippen molar-refractivity contribution in [1.82, 2.24) is 4.90 Å². The highest BCUT2D eigenvalue weighted by Gasteiger charge is 2.17. The minimum atomic E-state index is -3.57. The number of hydrogen-bond donors (Lipinski definition) is 1. The van der Waals surface area contributed by atoms with Gasteiger partial charge in [0.2, 0.25) is 5.91 Å². The lowest BCUT2D eigenvalue weighted by atomic mass is 10.2. The minimum Gasteiger partial charge on any atom is -0.478 e. The first-order valence-electron chi connectivity index (χ1n) is 6.00. The molecule has 0 saturated heterocycles. The molecule has 6 nitrogen and oxygen atoms in total. The first kappa shape index (κ1) is 16.2. The Bertz CT molecular complexity index is 607. The van der Waals surface area contributed by atoms with Crippen molar-refractivity contribution in [1.29, 1.82) is 0 Å². The van der Waals surface area contributed by atoms with Gasteiger partial charge < -0.3 is 10.0 Å². The Hall–Kier alpha value is -1.89. The number of nitrogens with zero attached hydrogens (tertiary/aromatic N) is 1. The third-order valence-corrected chi connectivity index (χ3v) is 4.54. The fourth-order valence-corrected chi connectivity index (χ4v) is 2.93. The van der Waals surface area contributed by atoms with Crippen molar-refractivity contribution in [2.45, 2.75) is 17.7 Å². The molecule has 1 rings (SSSR count). The Morgan fingerprint density at radius 2 is 1.90 bits per heavy atom. The van der Waals surface area contributed by atoms with Crippen LogP contribution in [0.1, 0.15) is 23.2 Å². The van der Waals surface area contributed by atoms with Crippen LogP contribution in [0.5, 0.6) is 0 Å². The van der Waals surface area contributed by atoms with Gasteiger partial charge in [0.1, 0.15) is 0 Å². The highest BCUT2D eigenvalue weighted by atomic mass is 32.2. The molecule has 0 aliphatic carbocycles. The van der Waals surface area contributed by atoms with Gasteiger partial charge in [-0.1, -0.05) is 6.07 Å². The summed E-state index contributed by atoms with van der Waals surface area (Å²) in [5, 5.41) is 8.84. The fourth-order valence-electron chi connectivity index (χ4n) is 1.58. The van der Waals surface area contributed by atoms with E-state index in [0.29, 0.717) is 0 Å². The number of carboxylic acid groups (broad SMARTS) is 1. The zero-order valence-electron chi connectivity index (χ0n) is 11.4. The molecule has 0 atom stereocenters. The molecule has 0 spiro atoms. The van der Waals surface area contributed by atoms with Crippen molar-refractivity contribution in [3.8, 4) is 0 Å². The van der Waals surface area contributed by atoms with Gasteiger partial charge in [-0.05, 0) is 24.6 Å². The van der Waals surface area contributed by atoms with Gasteiger partial charge in [0.25, 0.3) is 0 Å². The third kappa shape index (κ3) is 4.34. The summed E-state index contributed by atoms with van der Waals surface area (Å²) in [5.74, 6) is -1.50. The number of hydrogen-bond acceptors (Lipinski definition) is 4. The lowest BCUT2D eigenvalue weighted by molar-refractivity contribution is -0.128. The molecular weight excluding hydrogens is 282 g/mol. The molecule has 0 heterocycles. The van der Waals surface area contributed by atoms with Gasteiger partial charge in [0.05, 0.1) is 16.2 Å².